The maximum absolute atomic E-state index is 12.2. The third kappa shape index (κ3) is 4.50. The van der Waals surface area contributed by atoms with Gasteiger partial charge in [0.25, 0.3) is 0 Å². The molecule has 2 rings (SSSR count). The van der Waals surface area contributed by atoms with Crippen LogP contribution in [0.2, 0.25) is 5.02 Å². The third-order valence-corrected chi connectivity index (χ3v) is 4.60. The van der Waals surface area contributed by atoms with Gasteiger partial charge in [0.15, 0.2) is 0 Å². The van der Waals surface area contributed by atoms with E-state index in [-0.39, 0.29) is 11.6 Å². The van der Waals surface area contributed by atoms with E-state index < -0.39 is 0 Å². The Kier molecular flexibility index (Phi) is 6.10. The molecule has 0 atom stereocenters. The molecule has 0 unspecified atom stereocenters. The minimum atomic E-state index is -0.279. The van der Waals surface area contributed by atoms with Crippen molar-refractivity contribution < 1.29 is 14.3 Å². The van der Waals surface area contributed by atoms with Gasteiger partial charge in [-0.3, -0.25) is 0 Å². The zero-order valence-electron chi connectivity index (χ0n) is 13.8. The molecule has 1 fully saturated rings. The van der Waals surface area contributed by atoms with Gasteiger partial charge in [-0.1, -0.05) is 11.6 Å². The van der Waals surface area contributed by atoms with Gasteiger partial charge in [0.1, 0.15) is 5.75 Å². The topological polar surface area (TPSA) is 62.8 Å². The van der Waals surface area contributed by atoms with Gasteiger partial charge < -0.3 is 25.0 Å². The zero-order chi connectivity index (χ0) is 16.9. The van der Waals surface area contributed by atoms with Crippen molar-refractivity contribution >= 4 is 23.3 Å². The number of hydrogen-bond acceptors (Lipinski definition) is 4. The highest BCUT2D eigenvalue weighted by Gasteiger charge is 2.35. The Balaban J connectivity index is 1.98. The van der Waals surface area contributed by atoms with E-state index in [9.17, 15) is 4.79 Å². The summed E-state index contributed by atoms with van der Waals surface area (Å²) in [7, 11) is 5.62. The van der Waals surface area contributed by atoms with Crippen LogP contribution in [-0.2, 0) is 4.74 Å². The number of urea groups is 1. The molecule has 2 amide bonds. The minimum Gasteiger partial charge on any atom is -0.495 e. The molecule has 0 aromatic heterocycles. The predicted molar refractivity (Wildman–Crippen MR) is 91.5 cm³/mol. The number of nitrogens with one attached hydrogen (secondary N) is 2. The fraction of sp³-hybridized carbons (Fsp3) is 0.562. The van der Waals surface area contributed by atoms with Gasteiger partial charge in [-0.25, -0.2) is 4.79 Å². The van der Waals surface area contributed by atoms with Gasteiger partial charge in [-0.2, -0.15) is 0 Å². The van der Waals surface area contributed by atoms with E-state index in [2.05, 4.69) is 15.5 Å². The molecular formula is C16H24ClN3O3. The molecule has 1 saturated heterocycles. The highest BCUT2D eigenvalue weighted by Crippen LogP contribution is 2.28. The van der Waals surface area contributed by atoms with Crippen molar-refractivity contribution in [3.8, 4) is 5.75 Å². The number of ether oxygens (including phenoxy) is 2. The largest absolute Gasteiger partial charge is 0.495 e. The number of nitrogens with zero attached hydrogens (tertiary/aromatic N) is 1. The lowest BCUT2D eigenvalue weighted by Crippen LogP contribution is -2.56. The zero-order valence-corrected chi connectivity index (χ0v) is 14.6. The molecule has 23 heavy (non-hydrogen) atoms. The van der Waals surface area contributed by atoms with Gasteiger partial charge in [-0.15, -0.1) is 0 Å². The molecule has 0 aliphatic carbocycles. The molecule has 1 aromatic rings. The van der Waals surface area contributed by atoms with Gasteiger partial charge in [0, 0.05) is 30.3 Å². The van der Waals surface area contributed by atoms with Crippen molar-refractivity contribution in [1.29, 1.82) is 0 Å². The minimum absolute atomic E-state index is 0.0754. The number of hydrogen-bond donors (Lipinski definition) is 2. The number of halogens is 1. The summed E-state index contributed by atoms with van der Waals surface area (Å²) in [6, 6.07) is 4.82. The van der Waals surface area contributed by atoms with Crippen LogP contribution < -0.4 is 15.4 Å². The summed E-state index contributed by atoms with van der Waals surface area (Å²) >= 11 is 5.97. The first-order valence-electron chi connectivity index (χ1n) is 7.60. The van der Waals surface area contributed by atoms with E-state index in [1.165, 1.54) is 0 Å². The van der Waals surface area contributed by atoms with Gasteiger partial charge in [0.2, 0.25) is 0 Å². The number of carbonyl (C=O) groups is 1. The standard InChI is InChI=1S/C16H24ClN3O3/c1-20(2)16(6-8-23-9-7-16)11-18-15(21)19-13-10-12(17)4-5-14(13)22-3/h4-5,10H,6-9,11H2,1-3H3,(H2,18,19,21). The second-order valence-corrected chi connectivity index (χ2v) is 6.32. The maximum Gasteiger partial charge on any atom is 0.319 e. The van der Waals surface area contributed by atoms with E-state index in [1.54, 1.807) is 25.3 Å². The van der Waals surface area contributed by atoms with Crippen molar-refractivity contribution in [3.05, 3.63) is 23.2 Å². The number of anilines is 1. The molecular weight excluding hydrogens is 318 g/mol. The van der Waals surface area contributed by atoms with Gasteiger partial charge >= 0.3 is 6.03 Å². The average Bonchev–Trinajstić information content (AvgIpc) is 2.54. The Morgan fingerprint density at radius 2 is 2.09 bits per heavy atom. The third-order valence-electron chi connectivity index (χ3n) is 4.36. The van der Waals surface area contributed by atoms with Gasteiger partial charge in [-0.05, 0) is 45.1 Å². The summed E-state index contributed by atoms with van der Waals surface area (Å²) in [6.45, 7) is 1.98. The van der Waals surface area contributed by atoms with Crippen LogP contribution in [0.5, 0.6) is 5.75 Å². The monoisotopic (exact) mass is 341 g/mol. The normalized spacial score (nSPS) is 16.9. The van der Waals surface area contributed by atoms with Crippen LogP contribution in [0.3, 0.4) is 0 Å². The number of rotatable bonds is 5. The SMILES string of the molecule is COc1ccc(Cl)cc1NC(=O)NCC1(N(C)C)CCOCC1. The number of amides is 2. The lowest BCUT2D eigenvalue weighted by Gasteiger charge is -2.42. The Bertz CT molecular complexity index is 545. The van der Waals surface area contributed by atoms with Crippen LogP contribution in [0.1, 0.15) is 12.8 Å². The Morgan fingerprint density at radius 1 is 1.39 bits per heavy atom. The molecule has 2 N–H and O–H groups in total. The van der Waals surface area contributed by atoms with Crippen LogP contribution in [0, 0.1) is 0 Å². The molecule has 6 nitrogen and oxygen atoms in total. The van der Waals surface area contributed by atoms with Crippen LogP contribution in [0.15, 0.2) is 18.2 Å². The molecule has 0 bridgehead atoms. The first kappa shape index (κ1) is 17.8. The maximum atomic E-state index is 12.2. The number of methoxy groups -OCH3 is 1. The van der Waals surface area contributed by atoms with Crippen molar-refractivity contribution in [3.63, 3.8) is 0 Å². The molecule has 1 heterocycles. The number of likely N-dealkylation sites (N-methyl/N-ethyl adjacent to an activating group) is 1. The predicted octanol–water partition coefficient (Wildman–Crippen LogP) is 2.58. The Hall–Kier alpha value is -1.50. The van der Waals surface area contributed by atoms with Crippen LogP contribution in [-0.4, -0.2) is 57.4 Å². The molecule has 0 radical (unpaired) electrons. The van der Waals surface area contributed by atoms with Crippen molar-refractivity contribution in [2.45, 2.75) is 18.4 Å². The van der Waals surface area contributed by atoms with E-state index in [0.29, 0.717) is 36.2 Å². The lowest BCUT2D eigenvalue weighted by molar-refractivity contribution is -0.00553. The van der Waals surface area contributed by atoms with Crippen molar-refractivity contribution in [2.75, 3.05) is 46.3 Å². The van der Waals surface area contributed by atoms with Gasteiger partial charge in [0.05, 0.1) is 12.8 Å². The molecule has 1 aliphatic rings. The molecule has 0 saturated carbocycles. The van der Waals surface area contributed by atoms with E-state index in [0.717, 1.165) is 12.8 Å². The first-order chi connectivity index (χ1) is 11.0. The number of benzene rings is 1. The van der Waals surface area contributed by atoms with Crippen LogP contribution in [0.25, 0.3) is 0 Å². The van der Waals surface area contributed by atoms with Crippen LogP contribution in [0.4, 0.5) is 10.5 Å². The summed E-state index contributed by atoms with van der Waals surface area (Å²) in [5.74, 6) is 0.568. The quantitative estimate of drug-likeness (QED) is 0.864. The smallest absolute Gasteiger partial charge is 0.319 e. The first-order valence-corrected chi connectivity index (χ1v) is 7.98. The second-order valence-electron chi connectivity index (χ2n) is 5.88. The van der Waals surface area contributed by atoms with Crippen molar-refractivity contribution in [1.82, 2.24) is 10.2 Å². The highest BCUT2D eigenvalue weighted by molar-refractivity contribution is 6.31. The lowest BCUT2D eigenvalue weighted by atomic mass is 9.88. The van der Waals surface area contributed by atoms with Crippen molar-refractivity contribution in [2.24, 2.45) is 0 Å². The highest BCUT2D eigenvalue weighted by atomic mass is 35.5. The summed E-state index contributed by atoms with van der Waals surface area (Å²) in [5.41, 5.74) is 0.469. The fourth-order valence-electron chi connectivity index (χ4n) is 2.72. The summed E-state index contributed by atoms with van der Waals surface area (Å²) in [6.07, 6.45) is 1.78. The molecule has 7 heteroatoms. The van der Waals surface area contributed by atoms with E-state index >= 15 is 0 Å². The second kappa shape index (κ2) is 7.86. The summed E-state index contributed by atoms with van der Waals surface area (Å²) in [4.78, 5) is 14.4. The average molecular weight is 342 g/mol. The fourth-order valence-corrected chi connectivity index (χ4v) is 2.89. The molecule has 1 aliphatic heterocycles. The number of carbonyl (C=O) groups excluding carboxylic acids is 1. The molecule has 128 valence electrons. The Labute approximate surface area is 142 Å². The van der Waals surface area contributed by atoms with Crippen LogP contribution >= 0.6 is 11.6 Å². The summed E-state index contributed by atoms with van der Waals surface area (Å²) in [5, 5.41) is 6.27. The van der Waals surface area contributed by atoms with E-state index in [1.807, 2.05) is 14.1 Å². The Morgan fingerprint density at radius 3 is 2.70 bits per heavy atom. The van der Waals surface area contributed by atoms with E-state index in [4.69, 9.17) is 21.1 Å². The summed E-state index contributed by atoms with van der Waals surface area (Å²) < 4.78 is 10.7. The molecule has 1 aromatic carbocycles. The molecule has 0 spiro atoms.